The Hall–Kier alpha value is -1.63. The average molecular weight is 310 g/mol. The summed E-state index contributed by atoms with van der Waals surface area (Å²) in [5.74, 6) is -1.41. The molecule has 0 aliphatic heterocycles. The van der Waals surface area contributed by atoms with E-state index in [2.05, 4.69) is 15.2 Å². The van der Waals surface area contributed by atoms with E-state index in [9.17, 15) is 18.4 Å². The molecule has 2 N–H and O–H groups in total. The van der Waals surface area contributed by atoms with Crippen LogP contribution in [0.3, 0.4) is 0 Å². The summed E-state index contributed by atoms with van der Waals surface area (Å²) in [4.78, 5) is 3.66. The standard InChI is InChI=1S/C8H9F3N6O2S/c1-15-3-12-4(17(18)19)5(15)20-7-14-13-6(16(7)2)8(9,10)11/h3,17-18H,1-2H3. The Morgan fingerprint density at radius 3 is 2.50 bits per heavy atom. The maximum atomic E-state index is 12.6. The van der Waals surface area contributed by atoms with E-state index < -0.39 is 17.2 Å². The minimum absolute atomic E-state index is 0.0802. The van der Waals surface area contributed by atoms with Crippen molar-refractivity contribution in [1.82, 2.24) is 24.3 Å². The van der Waals surface area contributed by atoms with E-state index in [4.69, 9.17) is 5.21 Å². The summed E-state index contributed by atoms with van der Waals surface area (Å²) in [6.07, 6.45) is -3.37. The van der Waals surface area contributed by atoms with E-state index in [1.807, 2.05) is 0 Å². The highest BCUT2D eigenvalue weighted by Gasteiger charge is 2.38. The summed E-state index contributed by atoms with van der Waals surface area (Å²) in [6.45, 7) is 0. The van der Waals surface area contributed by atoms with Gasteiger partial charge in [-0.2, -0.15) is 23.4 Å². The van der Waals surface area contributed by atoms with Gasteiger partial charge in [-0.3, -0.25) is 0 Å². The number of hydrogen-bond acceptors (Lipinski definition) is 6. The number of rotatable bonds is 3. The van der Waals surface area contributed by atoms with Crippen molar-refractivity contribution in [3.8, 4) is 0 Å². The monoisotopic (exact) mass is 310 g/mol. The van der Waals surface area contributed by atoms with Crippen LogP contribution in [0.25, 0.3) is 0 Å². The van der Waals surface area contributed by atoms with Crippen molar-refractivity contribution in [3.05, 3.63) is 17.4 Å². The molecule has 12 heteroatoms. The van der Waals surface area contributed by atoms with Crippen LogP contribution in [-0.2, 0) is 20.3 Å². The summed E-state index contributed by atoms with van der Waals surface area (Å²) in [6, 6.07) is 0. The summed E-state index contributed by atoms with van der Waals surface area (Å²) in [5.41, 5.74) is 0. The Bertz CT molecular complexity index is 622. The first kappa shape index (κ1) is 14.8. The van der Waals surface area contributed by atoms with Gasteiger partial charge < -0.3 is 14.3 Å². The molecule has 1 unspecified atom stereocenters. The fourth-order valence-corrected chi connectivity index (χ4v) is 2.33. The van der Waals surface area contributed by atoms with Crippen molar-refractivity contribution in [2.45, 2.75) is 16.4 Å². The lowest BCUT2D eigenvalue weighted by Crippen LogP contribution is -2.99. The zero-order valence-electron chi connectivity index (χ0n) is 10.2. The van der Waals surface area contributed by atoms with Gasteiger partial charge in [-0.15, -0.1) is 10.2 Å². The maximum absolute atomic E-state index is 12.6. The number of aryl methyl sites for hydroxylation is 1. The van der Waals surface area contributed by atoms with Gasteiger partial charge in [0.1, 0.15) is 6.33 Å². The maximum Gasteiger partial charge on any atom is 0.451 e. The molecule has 2 rings (SSSR count). The Morgan fingerprint density at radius 2 is 2.00 bits per heavy atom. The van der Waals surface area contributed by atoms with E-state index >= 15 is 0 Å². The number of nitrogens with one attached hydrogen (secondary N) is 1. The highest BCUT2D eigenvalue weighted by molar-refractivity contribution is 7.99. The zero-order chi connectivity index (χ0) is 15.1. The van der Waals surface area contributed by atoms with Gasteiger partial charge in [0.2, 0.25) is 5.82 Å². The largest absolute Gasteiger partial charge is 0.594 e. The van der Waals surface area contributed by atoms with Crippen molar-refractivity contribution in [3.63, 3.8) is 0 Å². The fourth-order valence-electron chi connectivity index (χ4n) is 1.42. The van der Waals surface area contributed by atoms with Crippen molar-refractivity contribution < 1.29 is 23.6 Å². The van der Waals surface area contributed by atoms with Gasteiger partial charge in [-0.25, -0.2) is 5.21 Å². The van der Waals surface area contributed by atoms with Crippen LogP contribution in [0.1, 0.15) is 5.82 Å². The molecule has 1 atom stereocenters. The number of nitrogens with zero attached hydrogens (tertiary/aromatic N) is 5. The number of alkyl halides is 3. The minimum atomic E-state index is -4.62. The summed E-state index contributed by atoms with van der Waals surface area (Å²) in [5, 5.41) is 25.2. The molecule has 0 saturated heterocycles. The third kappa shape index (κ3) is 2.63. The van der Waals surface area contributed by atoms with Crippen LogP contribution in [0, 0.1) is 5.21 Å². The first-order valence-electron chi connectivity index (χ1n) is 5.11. The number of quaternary nitrogens is 1. The Morgan fingerprint density at radius 1 is 1.35 bits per heavy atom. The van der Waals surface area contributed by atoms with Gasteiger partial charge >= 0.3 is 6.18 Å². The fraction of sp³-hybridized carbons (Fsp3) is 0.375. The third-order valence-corrected chi connectivity index (χ3v) is 3.57. The third-order valence-electron chi connectivity index (χ3n) is 2.36. The van der Waals surface area contributed by atoms with Crippen LogP contribution in [0.2, 0.25) is 0 Å². The minimum Gasteiger partial charge on any atom is -0.594 e. The number of halogens is 3. The molecular weight excluding hydrogens is 301 g/mol. The topological polar surface area (TPSA) is 96.3 Å². The predicted molar refractivity (Wildman–Crippen MR) is 59.1 cm³/mol. The van der Waals surface area contributed by atoms with Crippen LogP contribution < -0.4 is 5.23 Å². The lowest BCUT2D eigenvalue weighted by molar-refractivity contribution is -0.994. The smallest absolute Gasteiger partial charge is 0.451 e. The number of aromatic nitrogens is 5. The first-order valence-corrected chi connectivity index (χ1v) is 5.92. The summed E-state index contributed by atoms with van der Waals surface area (Å²) >= 11 is 0.748. The van der Waals surface area contributed by atoms with Gasteiger partial charge in [0.25, 0.3) is 5.82 Å². The van der Waals surface area contributed by atoms with Gasteiger partial charge in [-0.05, 0) is 11.8 Å². The molecule has 2 heterocycles. The molecule has 0 spiro atoms. The second-order valence-corrected chi connectivity index (χ2v) is 4.74. The normalized spacial score (nSPS) is 13.8. The van der Waals surface area contributed by atoms with E-state index in [-0.39, 0.29) is 16.0 Å². The van der Waals surface area contributed by atoms with Crippen molar-refractivity contribution in [2.24, 2.45) is 14.1 Å². The summed E-state index contributed by atoms with van der Waals surface area (Å²) in [7, 11) is 2.69. The molecule has 2 aromatic heterocycles. The predicted octanol–water partition coefficient (Wildman–Crippen LogP) is 0.122. The highest BCUT2D eigenvalue weighted by atomic mass is 32.2. The molecule has 0 aliphatic rings. The molecule has 0 amide bonds. The molecule has 0 bridgehead atoms. The van der Waals surface area contributed by atoms with E-state index in [0.29, 0.717) is 0 Å². The lowest BCUT2D eigenvalue weighted by Gasteiger charge is -2.11. The Balaban J connectivity index is 2.37. The molecule has 8 nitrogen and oxygen atoms in total. The van der Waals surface area contributed by atoms with Crippen LogP contribution >= 0.6 is 11.8 Å². The number of hydrogen-bond donors (Lipinski definition) is 2. The molecule has 110 valence electrons. The van der Waals surface area contributed by atoms with E-state index in [1.54, 1.807) is 0 Å². The summed E-state index contributed by atoms with van der Waals surface area (Å²) < 4.78 is 39.9. The van der Waals surface area contributed by atoms with Gasteiger partial charge in [-0.1, -0.05) is 0 Å². The molecule has 0 saturated carbocycles. The average Bonchev–Trinajstić information content (AvgIpc) is 2.84. The lowest BCUT2D eigenvalue weighted by atomic mass is 10.6. The van der Waals surface area contributed by atoms with Gasteiger partial charge in [0.15, 0.2) is 10.2 Å². The van der Waals surface area contributed by atoms with Gasteiger partial charge in [0.05, 0.1) is 0 Å². The van der Waals surface area contributed by atoms with Crippen molar-refractivity contribution >= 4 is 17.6 Å². The molecule has 0 radical (unpaired) electrons. The second kappa shape index (κ2) is 5.05. The molecule has 2 aromatic rings. The highest BCUT2D eigenvalue weighted by Crippen LogP contribution is 2.33. The quantitative estimate of drug-likeness (QED) is 0.782. The van der Waals surface area contributed by atoms with Crippen LogP contribution in [0.5, 0.6) is 0 Å². The second-order valence-electron chi connectivity index (χ2n) is 3.78. The van der Waals surface area contributed by atoms with Crippen molar-refractivity contribution in [1.29, 1.82) is 0 Å². The molecular formula is C8H9F3N6O2S. The van der Waals surface area contributed by atoms with Gasteiger partial charge in [0, 0.05) is 14.1 Å². The first-order chi connectivity index (χ1) is 9.21. The Kier molecular flexibility index (Phi) is 3.73. The van der Waals surface area contributed by atoms with E-state index in [1.165, 1.54) is 17.9 Å². The van der Waals surface area contributed by atoms with Crippen LogP contribution in [0.4, 0.5) is 19.0 Å². The number of imidazole rings is 1. The van der Waals surface area contributed by atoms with E-state index in [0.717, 1.165) is 23.4 Å². The van der Waals surface area contributed by atoms with Crippen LogP contribution in [0.15, 0.2) is 16.5 Å². The SMILES string of the molecule is Cn1cnc([NH+]([O-])O)c1Sc1nnc(C(F)(F)F)n1C. The molecule has 20 heavy (non-hydrogen) atoms. The van der Waals surface area contributed by atoms with Crippen LogP contribution in [-0.4, -0.2) is 29.5 Å². The molecule has 0 aromatic carbocycles. The van der Waals surface area contributed by atoms with Crippen molar-refractivity contribution in [2.75, 3.05) is 0 Å². The zero-order valence-corrected chi connectivity index (χ0v) is 11.0. The molecule has 0 aliphatic carbocycles. The molecule has 0 fully saturated rings. The Labute approximate surface area is 114 Å².